The molecule has 2 rings (SSSR count). The van der Waals surface area contributed by atoms with Crippen molar-refractivity contribution in [2.45, 2.75) is 13.3 Å². The number of hydrogen-bond donors (Lipinski definition) is 0. The molecule has 2 aromatic carbocycles. The quantitative estimate of drug-likeness (QED) is 0.746. The summed E-state index contributed by atoms with van der Waals surface area (Å²) in [5.41, 5.74) is 1.21. The molecule has 0 saturated carbocycles. The number of halogens is 1. The van der Waals surface area contributed by atoms with Crippen molar-refractivity contribution >= 4 is 11.6 Å². The Kier molecular flexibility index (Phi) is 3.47. The van der Waals surface area contributed by atoms with E-state index >= 15 is 0 Å². The second-order valence-electron chi connectivity index (χ2n) is 3.53. The van der Waals surface area contributed by atoms with Crippen molar-refractivity contribution in [1.29, 1.82) is 0 Å². The van der Waals surface area contributed by atoms with Crippen LogP contribution in [0.5, 0.6) is 11.5 Å². The first-order chi connectivity index (χ1) is 7.79. The normalized spacial score (nSPS) is 10.1. The van der Waals surface area contributed by atoms with Gasteiger partial charge in [0.05, 0.1) is 5.02 Å². The summed E-state index contributed by atoms with van der Waals surface area (Å²) >= 11 is 6.13. The average Bonchev–Trinajstić information content (AvgIpc) is 2.33. The standard InChI is InChI=1S/C14H13ClO/c1-2-11-8-9-14(13(15)10-11)16-12-6-4-3-5-7-12/h3-10H,2H2,1H3. The maximum atomic E-state index is 6.13. The second-order valence-corrected chi connectivity index (χ2v) is 3.94. The van der Waals surface area contributed by atoms with Gasteiger partial charge in [-0.1, -0.05) is 42.8 Å². The zero-order chi connectivity index (χ0) is 11.4. The lowest BCUT2D eigenvalue weighted by Crippen LogP contribution is -1.86. The van der Waals surface area contributed by atoms with Gasteiger partial charge in [-0.2, -0.15) is 0 Å². The van der Waals surface area contributed by atoms with Crippen molar-refractivity contribution in [2.75, 3.05) is 0 Å². The molecule has 2 heteroatoms. The van der Waals surface area contributed by atoms with Crippen molar-refractivity contribution in [3.05, 3.63) is 59.1 Å². The van der Waals surface area contributed by atoms with E-state index in [1.165, 1.54) is 5.56 Å². The van der Waals surface area contributed by atoms with E-state index in [1.54, 1.807) is 0 Å². The second kappa shape index (κ2) is 5.04. The SMILES string of the molecule is CCc1ccc(Oc2ccccc2)c(Cl)c1. The van der Waals surface area contributed by atoms with Crippen molar-refractivity contribution < 1.29 is 4.74 Å². The van der Waals surface area contributed by atoms with Crippen LogP contribution in [0.2, 0.25) is 5.02 Å². The summed E-state index contributed by atoms with van der Waals surface area (Å²) in [6.07, 6.45) is 0.978. The summed E-state index contributed by atoms with van der Waals surface area (Å²) < 4.78 is 5.68. The third-order valence-electron chi connectivity index (χ3n) is 2.38. The first-order valence-corrected chi connectivity index (χ1v) is 5.68. The van der Waals surface area contributed by atoms with Gasteiger partial charge in [0.2, 0.25) is 0 Å². The van der Waals surface area contributed by atoms with Gasteiger partial charge in [-0.15, -0.1) is 0 Å². The van der Waals surface area contributed by atoms with E-state index in [9.17, 15) is 0 Å². The van der Waals surface area contributed by atoms with Crippen LogP contribution in [0.4, 0.5) is 0 Å². The highest BCUT2D eigenvalue weighted by molar-refractivity contribution is 6.32. The van der Waals surface area contributed by atoms with Gasteiger partial charge in [-0.05, 0) is 36.2 Å². The van der Waals surface area contributed by atoms with Crippen LogP contribution in [-0.4, -0.2) is 0 Å². The highest BCUT2D eigenvalue weighted by Gasteiger charge is 2.03. The molecule has 0 N–H and O–H groups in total. The molecule has 82 valence electrons. The Balaban J connectivity index is 2.22. The summed E-state index contributed by atoms with van der Waals surface area (Å²) in [5, 5.41) is 0.656. The largest absolute Gasteiger partial charge is 0.456 e. The molecule has 0 atom stereocenters. The minimum atomic E-state index is 0.656. The summed E-state index contributed by atoms with van der Waals surface area (Å²) in [6.45, 7) is 2.10. The van der Waals surface area contributed by atoms with E-state index in [0.29, 0.717) is 10.8 Å². The molecule has 0 amide bonds. The molecule has 0 radical (unpaired) electrons. The van der Waals surface area contributed by atoms with Crippen molar-refractivity contribution in [3.8, 4) is 11.5 Å². The van der Waals surface area contributed by atoms with Crippen molar-refractivity contribution in [2.24, 2.45) is 0 Å². The number of hydrogen-bond acceptors (Lipinski definition) is 1. The lowest BCUT2D eigenvalue weighted by atomic mass is 10.2. The molecule has 0 bridgehead atoms. The van der Waals surface area contributed by atoms with E-state index in [-0.39, 0.29) is 0 Å². The van der Waals surface area contributed by atoms with Gasteiger partial charge in [-0.3, -0.25) is 0 Å². The molecular weight excluding hydrogens is 220 g/mol. The molecule has 0 unspecified atom stereocenters. The third kappa shape index (κ3) is 2.56. The van der Waals surface area contributed by atoms with Gasteiger partial charge < -0.3 is 4.74 Å². The van der Waals surface area contributed by atoms with Crippen LogP contribution in [0.3, 0.4) is 0 Å². The number of aryl methyl sites for hydroxylation is 1. The molecule has 0 aliphatic carbocycles. The fraction of sp³-hybridized carbons (Fsp3) is 0.143. The molecule has 0 aliphatic heterocycles. The number of para-hydroxylation sites is 1. The molecule has 0 spiro atoms. The average molecular weight is 233 g/mol. The zero-order valence-corrected chi connectivity index (χ0v) is 9.87. The zero-order valence-electron chi connectivity index (χ0n) is 9.11. The monoisotopic (exact) mass is 232 g/mol. The smallest absolute Gasteiger partial charge is 0.146 e. The molecular formula is C14H13ClO. The number of ether oxygens (including phenoxy) is 1. The van der Waals surface area contributed by atoms with E-state index in [4.69, 9.17) is 16.3 Å². The molecule has 0 heterocycles. The highest BCUT2D eigenvalue weighted by atomic mass is 35.5. The van der Waals surface area contributed by atoms with E-state index in [0.717, 1.165) is 12.2 Å². The fourth-order valence-electron chi connectivity index (χ4n) is 1.46. The fourth-order valence-corrected chi connectivity index (χ4v) is 1.70. The Morgan fingerprint density at radius 3 is 2.44 bits per heavy atom. The third-order valence-corrected chi connectivity index (χ3v) is 2.67. The van der Waals surface area contributed by atoms with E-state index < -0.39 is 0 Å². The lowest BCUT2D eigenvalue weighted by molar-refractivity contribution is 0.483. The Morgan fingerprint density at radius 1 is 1.06 bits per heavy atom. The highest BCUT2D eigenvalue weighted by Crippen LogP contribution is 2.29. The molecule has 0 fully saturated rings. The Labute approximate surface area is 101 Å². The molecule has 16 heavy (non-hydrogen) atoms. The summed E-state index contributed by atoms with van der Waals surface area (Å²) in [6, 6.07) is 15.5. The van der Waals surface area contributed by atoms with Crippen LogP contribution >= 0.6 is 11.6 Å². The van der Waals surface area contributed by atoms with Crippen molar-refractivity contribution in [3.63, 3.8) is 0 Å². The van der Waals surface area contributed by atoms with Crippen LogP contribution in [-0.2, 0) is 6.42 Å². The number of rotatable bonds is 3. The van der Waals surface area contributed by atoms with Crippen LogP contribution in [0.25, 0.3) is 0 Å². The van der Waals surface area contributed by atoms with Gasteiger partial charge in [0.15, 0.2) is 0 Å². The minimum absolute atomic E-state index is 0.656. The van der Waals surface area contributed by atoms with Gasteiger partial charge in [0.25, 0.3) is 0 Å². The molecule has 0 aliphatic rings. The first kappa shape index (κ1) is 11.0. The van der Waals surface area contributed by atoms with Gasteiger partial charge in [0.1, 0.15) is 11.5 Å². The summed E-state index contributed by atoms with van der Waals surface area (Å²) in [5.74, 6) is 1.50. The molecule has 0 saturated heterocycles. The maximum Gasteiger partial charge on any atom is 0.146 e. The van der Waals surface area contributed by atoms with Gasteiger partial charge in [0, 0.05) is 0 Å². The van der Waals surface area contributed by atoms with Gasteiger partial charge in [-0.25, -0.2) is 0 Å². The Morgan fingerprint density at radius 2 is 1.81 bits per heavy atom. The topological polar surface area (TPSA) is 9.23 Å². The first-order valence-electron chi connectivity index (χ1n) is 5.31. The summed E-state index contributed by atoms with van der Waals surface area (Å²) in [7, 11) is 0. The Hall–Kier alpha value is -1.47. The van der Waals surface area contributed by atoms with Crippen LogP contribution < -0.4 is 4.74 Å². The van der Waals surface area contributed by atoms with Crippen LogP contribution in [0.15, 0.2) is 48.5 Å². The maximum absolute atomic E-state index is 6.13. The molecule has 1 nitrogen and oxygen atoms in total. The van der Waals surface area contributed by atoms with E-state index in [1.807, 2.05) is 48.5 Å². The predicted molar refractivity (Wildman–Crippen MR) is 67.3 cm³/mol. The minimum Gasteiger partial charge on any atom is -0.456 e. The van der Waals surface area contributed by atoms with Crippen molar-refractivity contribution in [1.82, 2.24) is 0 Å². The van der Waals surface area contributed by atoms with Crippen LogP contribution in [0, 0.1) is 0 Å². The predicted octanol–water partition coefficient (Wildman–Crippen LogP) is 4.69. The Bertz CT molecular complexity index is 465. The van der Waals surface area contributed by atoms with E-state index in [2.05, 4.69) is 6.92 Å². The lowest BCUT2D eigenvalue weighted by Gasteiger charge is -2.08. The molecule has 2 aromatic rings. The summed E-state index contributed by atoms with van der Waals surface area (Å²) in [4.78, 5) is 0. The van der Waals surface area contributed by atoms with Crippen LogP contribution in [0.1, 0.15) is 12.5 Å². The number of benzene rings is 2. The molecule has 0 aromatic heterocycles. The van der Waals surface area contributed by atoms with Gasteiger partial charge >= 0.3 is 0 Å².